The topological polar surface area (TPSA) is 46.9 Å². The fourth-order valence-corrected chi connectivity index (χ4v) is 2.53. The molecule has 0 amide bonds. The summed E-state index contributed by atoms with van der Waals surface area (Å²) in [7, 11) is 0. The van der Waals surface area contributed by atoms with Gasteiger partial charge in [0.15, 0.2) is 0 Å². The number of aromatic nitrogens is 2. The van der Waals surface area contributed by atoms with Crippen molar-refractivity contribution in [3.05, 3.63) is 40.3 Å². The van der Waals surface area contributed by atoms with Crippen molar-refractivity contribution in [3.63, 3.8) is 0 Å². The summed E-state index contributed by atoms with van der Waals surface area (Å²) in [4.78, 5) is 16.6. The number of rotatable bonds is 8. The number of hydrogen-bond donors (Lipinski definition) is 1. The van der Waals surface area contributed by atoms with Crippen LogP contribution in [0.4, 0.5) is 0 Å². The van der Waals surface area contributed by atoms with Crippen molar-refractivity contribution < 1.29 is 0 Å². The number of nitrogens with one attached hydrogen (secondary N) is 1. The van der Waals surface area contributed by atoms with Crippen molar-refractivity contribution >= 4 is 11.0 Å². The van der Waals surface area contributed by atoms with Crippen LogP contribution in [0.15, 0.2) is 29.1 Å². The van der Waals surface area contributed by atoms with E-state index in [0.717, 1.165) is 24.1 Å². The van der Waals surface area contributed by atoms with Crippen molar-refractivity contribution in [1.82, 2.24) is 14.9 Å². The first-order valence-corrected chi connectivity index (χ1v) is 7.91. The summed E-state index contributed by atoms with van der Waals surface area (Å²) in [6.07, 6.45) is 5.05. The third-order valence-corrected chi connectivity index (χ3v) is 3.73. The highest BCUT2D eigenvalue weighted by Crippen LogP contribution is 2.09. The summed E-state index contributed by atoms with van der Waals surface area (Å²) in [6.45, 7) is 6.53. The molecule has 0 aliphatic heterocycles. The zero-order valence-corrected chi connectivity index (χ0v) is 13.1. The van der Waals surface area contributed by atoms with Crippen molar-refractivity contribution in [2.24, 2.45) is 0 Å². The second kappa shape index (κ2) is 7.93. The van der Waals surface area contributed by atoms with Crippen LogP contribution in [0.3, 0.4) is 0 Å². The van der Waals surface area contributed by atoms with Crippen molar-refractivity contribution in [2.75, 3.05) is 13.1 Å². The van der Waals surface area contributed by atoms with Gasteiger partial charge in [0, 0.05) is 13.1 Å². The zero-order chi connectivity index (χ0) is 15.1. The molecular formula is C17H25N3O. The average molecular weight is 287 g/mol. The van der Waals surface area contributed by atoms with E-state index in [2.05, 4.69) is 17.2 Å². The molecule has 0 atom stereocenters. The van der Waals surface area contributed by atoms with Crippen LogP contribution in [-0.2, 0) is 6.54 Å². The summed E-state index contributed by atoms with van der Waals surface area (Å²) in [5.74, 6) is 0. The van der Waals surface area contributed by atoms with Gasteiger partial charge in [0.1, 0.15) is 5.69 Å². The number of fused-ring (bicyclic) bond motifs is 1. The molecule has 0 saturated heterocycles. The Labute approximate surface area is 126 Å². The summed E-state index contributed by atoms with van der Waals surface area (Å²) in [6, 6.07) is 7.82. The monoisotopic (exact) mass is 287 g/mol. The molecule has 0 spiro atoms. The van der Waals surface area contributed by atoms with E-state index in [1.54, 1.807) is 6.92 Å². The number of para-hydroxylation sites is 2. The Balaban J connectivity index is 1.98. The van der Waals surface area contributed by atoms with Crippen LogP contribution in [0.2, 0.25) is 0 Å². The minimum atomic E-state index is 0.0153. The van der Waals surface area contributed by atoms with E-state index >= 15 is 0 Å². The van der Waals surface area contributed by atoms with Gasteiger partial charge in [-0.1, -0.05) is 38.3 Å². The van der Waals surface area contributed by atoms with Gasteiger partial charge >= 0.3 is 0 Å². The largest absolute Gasteiger partial charge is 0.315 e. The van der Waals surface area contributed by atoms with Crippen LogP contribution in [-0.4, -0.2) is 22.6 Å². The second-order valence-corrected chi connectivity index (χ2v) is 5.45. The van der Waals surface area contributed by atoms with Crippen molar-refractivity contribution in [1.29, 1.82) is 0 Å². The normalized spacial score (nSPS) is 11.1. The molecular weight excluding hydrogens is 262 g/mol. The summed E-state index contributed by atoms with van der Waals surface area (Å²) >= 11 is 0. The molecule has 1 N–H and O–H groups in total. The van der Waals surface area contributed by atoms with E-state index in [4.69, 9.17) is 0 Å². The van der Waals surface area contributed by atoms with Crippen LogP contribution in [0, 0.1) is 6.92 Å². The Hall–Kier alpha value is -1.68. The van der Waals surface area contributed by atoms with Crippen molar-refractivity contribution in [2.45, 2.75) is 46.1 Å². The average Bonchev–Trinajstić information content (AvgIpc) is 2.50. The van der Waals surface area contributed by atoms with Gasteiger partial charge in [-0.05, 0) is 32.0 Å². The fraction of sp³-hybridized carbons (Fsp3) is 0.529. The molecule has 1 aromatic heterocycles. The SMILES string of the molecule is CCCCCCNCCn1c(=O)c(C)nc2ccccc21. The zero-order valence-electron chi connectivity index (χ0n) is 13.1. The standard InChI is InChI=1S/C17H25N3O/c1-3-4-5-8-11-18-12-13-20-16-10-7-6-9-15(16)19-14(2)17(20)21/h6-7,9-10,18H,3-5,8,11-13H2,1-2H3. The van der Waals surface area contributed by atoms with Crippen LogP contribution in [0.5, 0.6) is 0 Å². The lowest BCUT2D eigenvalue weighted by molar-refractivity contribution is 0.559. The van der Waals surface area contributed by atoms with Gasteiger partial charge in [-0.3, -0.25) is 4.79 Å². The molecule has 4 heteroatoms. The van der Waals surface area contributed by atoms with Crippen LogP contribution in [0.25, 0.3) is 11.0 Å². The van der Waals surface area contributed by atoms with Gasteiger partial charge < -0.3 is 9.88 Å². The first-order valence-electron chi connectivity index (χ1n) is 7.91. The molecule has 0 aliphatic carbocycles. The van der Waals surface area contributed by atoms with E-state index in [9.17, 15) is 4.79 Å². The van der Waals surface area contributed by atoms with Crippen LogP contribution >= 0.6 is 0 Å². The Bertz CT molecular complexity index is 633. The lowest BCUT2D eigenvalue weighted by Gasteiger charge is -2.11. The first-order chi connectivity index (χ1) is 10.2. The molecule has 2 rings (SSSR count). The Morgan fingerprint density at radius 1 is 1.14 bits per heavy atom. The quantitative estimate of drug-likeness (QED) is 0.759. The summed E-state index contributed by atoms with van der Waals surface area (Å²) < 4.78 is 1.83. The Morgan fingerprint density at radius 3 is 2.76 bits per heavy atom. The maximum atomic E-state index is 12.3. The highest BCUT2D eigenvalue weighted by Gasteiger charge is 2.06. The molecule has 1 heterocycles. The molecule has 0 aliphatic rings. The number of hydrogen-bond acceptors (Lipinski definition) is 3. The Kier molecular flexibility index (Phi) is 5.93. The molecule has 0 fully saturated rings. The molecule has 21 heavy (non-hydrogen) atoms. The van der Waals surface area contributed by atoms with Gasteiger partial charge in [0.2, 0.25) is 0 Å². The number of unbranched alkanes of at least 4 members (excludes halogenated alkanes) is 3. The predicted molar refractivity (Wildman–Crippen MR) is 87.8 cm³/mol. The minimum Gasteiger partial charge on any atom is -0.315 e. The van der Waals surface area contributed by atoms with Gasteiger partial charge in [-0.25, -0.2) is 4.98 Å². The smallest absolute Gasteiger partial charge is 0.272 e. The van der Waals surface area contributed by atoms with Gasteiger partial charge in [-0.2, -0.15) is 0 Å². The second-order valence-electron chi connectivity index (χ2n) is 5.45. The number of benzene rings is 1. The number of nitrogens with zero attached hydrogens (tertiary/aromatic N) is 2. The summed E-state index contributed by atoms with van der Waals surface area (Å²) in [5.41, 5.74) is 2.39. The predicted octanol–water partition coefficient (Wildman–Crippen LogP) is 2.87. The molecule has 0 bridgehead atoms. The maximum Gasteiger partial charge on any atom is 0.272 e. The van der Waals surface area contributed by atoms with Gasteiger partial charge in [0.25, 0.3) is 5.56 Å². The molecule has 114 valence electrons. The molecule has 0 saturated carbocycles. The number of aryl methyl sites for hydroxylation is 1. The van der Waals surface area contributed by atoms with Crippen molar-refractivity contribution in [3.8, 4) is 0 Å². The van der Waals surface area contributed by atoms with Gasteiger partial charge in [0.05, 0.1) is 11.0 Å². The van der Waals surface area contributed by atoms with E-state index in [1.807, 2.05) is 28.8 Å². The third-order valence-electron chi connectivity index (χ3n) is 3.73. The third kappa shape index (κ3) is 4.14. The molecule has 0 radical (unpaired) electrons. The molecule has 0 unspecified atom stereocenters. The van der Waals surface area contributed by atoms with Gasteiger partial charge in [-0.15, -0.1) is 0 Å². The lowest BCUT2D eigenvalue weighted by Crippen LogP contribution is -2.29. The van der Waals surface area contributed by atoms with Crippen LogP contribution in [0.1, 0.15) is 38.3 Å². The minimum absolute atomic E-state index is 0.0153. The molecule has 4 nitrogen and oxygen atoms in total. The lowest BCUT2D eigenvalue weighted by atomic mass is 10.2. The fourth-order valence-electron chi connectivity index (χ4n) is 2.53. The van der Waals surface area contributed by atoms with Crippen LogP contribution < -0.4 is 10.9 Å². The highest BCUT2D eigenvalue weighted by atomic mass is 16.1. The maximum absolute atomic E-state index is 12.3. The Morgan fingerprint density at radius 2 is 1.95 bits per heavy atom. The molecule has 1 aromatic carbocycles. The highest BCUT2D eigenvalue weighted by molar-refractivity contribution is 5.74. The van der Waals surface area contributed by atoms with E-state index in [0.29, 0.717) is 12.2 Å². The van der Waals surface area contributed by atoms with E-state index in [1.165, 1.54) is 25.7 Å². The van der Waals surface area contributed by atoms with E-state index in [-0.39, 0.29) is 5.56 Å². The van der Waals surface area contributed by atoms with E-state index < -0.39 is 0 Å². The first kappa shape index (κ1) is 15.7. The molecule has 2 aromatic rings. The summed E-state index contributed by atoms with van der Waals surface area (Å²) in [5, 5.41) is 3.42.